The Hall–Kier alpha value is -3.17. The zero-order chi connectivity index (χ0) is 19.6. The second-order valence-corrected chi connectivity index (χ2v) is 7.86. The number of fused-ring (bicyclic) bond motifs is 1. The molecule has 0 saturated heterocycles. The molecule has 1 heterocycles. The van der Waals surface area contributed by atoms with Crippen molar-refractivity contribution in [3.8, 4) is 11.8 Å². The van der Waals surface area contributed by atoms with E-state index in [1.165, 1.54) is 11.3 Å². The van der Waals surface area contributed by atoms with Crippen LogP contribution in [-0.4, -0.2) is 18.0 Å². The van der Waals surface area contributed by atoms with Gasteiger partial charge in [0.05, 0.1) is 29.9 Å². The Morgan fingerprint density at radius 1 is 1.21 bits per heavy atom. The SMILES string of the molecule is COc1ccccc1C(=O)Nc1nc2c(s1)CC(C#N)(c1ccccc1)CC2. The van der Waals surface area contributed by atoms with Crippen molar-refractivity contribution in [3.05, 3.63) is 76.3 Å². The molecule has 3 aromatic rings. The van der Waals surface area contributed by atoms with Crippen LogP contribution in [0.1, 0.15) is 32.9 Å². The molecule has 1 atom stereocenters. The fourth-order valence-electron chi connectivity index (χ4n) is 3.62. The molecule has 6 heteroatoms. The molecule has 0 radical (unpaired) electrons. The highest BCUT2D eigenvalue weighted by molar-refractivity contribution is 7.15. The van der Waals surface area contributed by atoms with Gasteiger partial charge in [-0.3, -0.25) is 10.1 Å². The molecule has 0 saturated carbocycles. The number of methoxy groups -OCH3 is 1. The third-order valence-corrected chi connectivity index (χ3v) is 6.15. The predicted octanol–water partition coefficient (Wildman–Crippen LogP) is 4.35. The summed E-state index contributed by atoms with van der Waals surface area (Å²) in [6.07, 6.45) is 2.06. The second-order valence-electron chi connectivity index (χ2n) is 6.78. The largest absolute Gasteiger partial charge is 0.496 e. The molecule has 1 aromatic heterocycles. The van der Waals surface area contributed by atoms with E-state index < -0.39 is 5.41 Å². The van der Waals surface area contributed by atoms with E-state index in [0.29, 0.717) is 22.9 Å². The van der Waals surface area contributed by atoms with Gasteiger partial charge < -0.3 is 4.74 Å². The molecule has 1 amide bonds. The summed E-state index contributed by atoms with van der Waals surface area (Å²) < 4.78 is 5.26. The summed E-state index contributed by atoms with van der Waals surface area (Å²) in [5.41, 5.74) is 1.94. The summed E-state index contributed by atoms with van der Waals surface area (Å²) in [5, 5.41) is 13.4. The highest BCUT2D eigenvalue weighted by Gasteiger charge is 2.38. The van der Waals surface area contributed by atoms with Gasteiger partial charge in [-0.2, -0.15) is 5.26 Å². The molecule has 1 N–H and O–H groups in total. The maximum atomic E-state index is 12.6. The van der Waals surface area contributed by atoms with E-state index in [9.17, 15) is 10.1 Å². The number of benzene rings is 2. The summed E-state index contributed by atoms with van der Waals surface area (Å²) in [7, 11) is 1.54. The average molecular weight is 389 g/mol. The number of carbonyl (C=O) groups excluding carboxylic acids is 1. The van der Waals surface area contributed by atoms with Gasteiger partial charge in [-0.25, -0.2) is 4.98 Å². The Morgan fingerprint density at radius 2 is 1.96 bits per heavy atom. The molecule has 2 aromatic carbocycles. The van der Waals surface area contributed by atoms with Gasteiger partial charge in [0.15, 0.2) is 5.13 Å². The first-order valence-electron chi connectivity index (χ1n) is 9.05. The number of thiazole rings is 1. The highest BCUT2D eigenvalue weighted by atomic mass is 32.1. The van der Waals surface area contributed by atoms with Crippen LogP contribution in [0.2, 0.25) is 0 Å². The fourth-order valence-corrected chi connectivity index (χ4v) is 4.74. The first-order chi connectivity index (χ1) is 13.6. The molecule has 1 unspecified atom stereocenters. The lowest BCUT2D eigenvalue weighted by atomic mass is 9.71. The van der Waals surface area contributed by atoms with E-state index in [0.717, 1.165) is 29.0 Å². The Balaban J connectivity index is 1.58. The number of carbonyl (C=O) groups is 1. The number of hydrogen-bond acceptors (Lipinski definition) is 5. The molecule has 0 bridgehead atoms. The number of para-hydroxylation sites is 1. The quantitative estimate of drug-likeness (QED) is 0.720. The summed E-state index contributed by atoms with van der Waals surface area (Å²) >= 11 is 1.45. The van der Waals surface area contributed by atoms with Crippen LogP contribution in [0.3, 0.4) is 0 Å². The molecular weight excluding hydrogens is 370 g/mol. The molecule has 1 aliphatic rings. The van der Waals surface area contributed by atoms with Crippen LogP contribution in [0.4, 0.5) is 5.13 Å². The maximum absolute atomic E-state index is 12.6. The first-order valence-corrected chi connectivity index (χ1v) is 9.86. The van der Waals surface area contributed by atoms with Gasteiger partial charge in [0.1, 0.15) is 5.75 Å². The van der Waals surface area contributed by atoms with Crippen molar-refractivity contribution in [1.82, 2.24) is 4.98 Å². The second kappa shape index (κ2) is 7.45. The third-order valence-electron chi connectivity index (χ3n) is 5.14. The Bertz CT molecular complexity index is 1060. The number of nitrogens with zero attached hydrogens (tertiary/aromatic N) is 2. The van der Waals surface area contributed by atoms with Gasteiger partial charge in [0.25, 0.3) is 5.91 Å². The zero-order valence-corrected chi connectivity index (χ0v) is 16.3. The number of nitrogens with one attached hydrogen (secondary N) is 1. The van der Waals surface area contributed by atoms with Crippen molar-refractivity contribution in [1.29, 1.82) is 5.26 Å². The lowest BCUT2D eigenvalue weighted by molar-refractivity contribution is 0.102. The number of aryl methyl sites for hydroxylation is 1. The van der Waals surface area contributed by atoms with Gasteiger partial charge >= 0.3 is 0 Å². The van der Waals surface area contributed by atoms with E-state index >= 15 is 0 Å². The summed E-state index contributed by atoms with van der Waals surface area (Å²) in [4.78, 5) is 18.3. The number of rotatable bonds is 4. The van der Waals surface area contributed by atoms with Crippen LogP contribution in [0.25, 0.3) is 0 Å². The van der Waals surface area contributed by atoms with Crippen LogP contribution < -0.4 is 10.1 Å². The summed E-state index contributed by atoms with van der Waals surface area (Å²) in [5.74, 6) is 0.270. The van der Waals surface area contributed by atoms with Crippen LogP contribution in [0.5, 0.6) is 5.75 Å². The average Bonchev–Trinajstić information content (AvgIpc) is 3.15. The van der Waals surface area contributed by atoms with Crippen LogP contribution in [0, 0.1) is 11.3 Å². The van der Waals surface area contributed by atoms with E-state index in [-0.39, 0.29) is 5.91 Å². The lowest BCUT2D eigenvalue weighted by Crippen LogP contribution is -2.31. The summed E-state index contributed by atoms with van der Waals surface area (Å²) in [6, 6.07) is 19.6. The smallest absolute Gasteiger partial charge is 0.261 e. The predicted molar refractivity (Wildman–Crippen MR) is 109 cm³/mol. The molecule has 0 fully saturated rings. The number of amides is 1. The van der Waals surface area contributed by atoms with Crippen molar-refractivity contribution < 1.29 is 9.53 Å². The lowest BCUT2D eigenvalue weighted by Gasteiger charge is -2.30. The topological polar surface area (TPSA) is 75.0 Å². The number of aromatic nitrogens is 1. The van der Waals surface area contributed by atoms with Crippen molar-refractivity contribution in [2.45, 2.75) is 24.7 Å². The Kier molecular flexibility index (Phi) is 4.84. The molecule has 4 rings (SSSR count). The van der Waals surface area contributed by atoms with Gasteiger partial charge in [-0.15, -0.1) is 11.3 Å². The number of nitriles is 1. The van der Waals surface area contributed by atoms with Crippen LogP contribution >= 0.6 is 11.3 Å². The summed E-state index contributed by atoms with van der Waals surface area (Å²) in [6.45, 7) is 0. The molecule has 0 aliphatic heterocycles. The minimum absolute atomic E-state index is 0.252. The first kappa shape index (κ1) is 18.2. The van der Waals surface area contributed by atoms with E-state index in [2.05, 4.69) is 16.4 Å². The van der Waals surface area contributed by atoms with Crippen LogP contribution in [0.15, 0.2) is 54.6 Å². The molecule has 28 heavy (non-hydrogen) atoms. The Morgan fingerprint density at radius 3 is 2.71 bits per heavy atom. The molecule has 1 aliphatic carbocycles. The fraction of sp³-hybridized carbons (Fsp3) is 0.227. The molecule has 5 nitrogen and oxygen atoms in total. The van der Waals surface area contributed by atoms with Crippen molar-refractivity contribution in [2.24, 2.45) is 0 Å². The third kappa shape index (κ3) is 3.25. The molecular formula is C22H19N3O2S. The van der Waals surface area contributed by atoms with E-state index in [1.54, 1.807) is 25.3 Å². The molecule has 0 spiro atoms. The number of ether oxygens (including phenoxy) is 1. The minimum atomic E-state index is -0.537. The highest BCUT2D eigenvalue weighted by Crippen LogP contribution is 2.41. The van der Waals surface area contributed by atoms with Crippen molar-refractivity contribution in [3.63, 3.8) is 0 Å². The van der Waals surface area contributed by atoms with Gasteiger partial charge in [0.2, 0.25) is 0 Å². The standard InChI is InChI=1S/C22H19N3O2S/c1-27-18-10-6-5-9-16(18)20(26)25-21-24-17-11-12-22(14-23,13-19(17)28-21)15-7-3-2-4-8-15/h2-10H,11-13H2,1H3,(H,24,25,26). The normalized spacial score (nSPS) is 18.0. The maximum Gasteiger partial charge on any atom is 0.261 e. The van der Waals surface area contributed by atoms with Gasteiger partial charge in [0, 0.05) is 11.3 Å². The van der Waals surface area contributed by atoms with Crippen LogP contribution in [-0.2, 0) is 18.3 Å². The van der Waals surface area contributed by atoms with E-state index in [1.807, 2.05) is 36.4 Å². The number of anilines is 1. The molecule has 140 valence electrons. The van der Waals surface area contributed by atoms with Gasteiger partial charge in [-0.05, 0) is 30.5 Å². The van der Waals surface area contributed by atoms with Gasteiger partial charge in [-0.1, -0.05) is 42.5 Å². The monoisotopic (exact) mass is 389 g/mol. The van der Waals surface area contributed by atoms with Crippen molar-refractivity contribution >= 4 is 22.4 Å². The van der Waals surface area contributed by atoms with Crippen molar-refractivity contribution in [2.75, 3.05) is 12.4 Å². The zero-order valence-electron chi connectivity index (χ0n) is 15.4. The minimum Gasteiger partial charge on any atom is -0.496 e. The Labute approximate surface area is 167 Å². The number of hydrogen-bond donors (Lipinski definition) is 1. The van der Waals surface area contributed by atoms with E-state index in [4.69, 9.17) is 4.74 Å².